The van der Waals surface area contributed by atoms with Crippen LogP contribution < -0.4 is 14.8 Å². The van der Waals surface area contributed by atoms with Gasteiger partial charge in [0.05, 0.1) is 19.3 Å². The second kappa shape index (κ2) is 12.6. The minimum absolute atomic E-state index is 0. The molecule has 0 saturated carbocycles. The molecule has 26 heavy (non-hydrogen) atoms. The van der Waals surface area contributed by atoms with E-state index in [1.165, 1.54) is 0 Å². The van der Waals surface area contributed by atoms with Gasteiger partial charge in [-0.1, -0.05) is 11.6 Å². The first-order chi connectivity index (χ1) is 12.2. The summed E-state index contributed by atoms with van der Waals surface area (Å²) >= 11 is 5.85. The fourth-order valence-electron chi connectivity index (χ4n) is 2.09. The SMILES string of the molecule is CN=C(NCCOc1cccnc1)N(C)CCOc1ccc(Cl)cc1.I. The van der Waals surface area contributed by atoms with E-state index in [1.807, 2.05) is 48.3 Å². The molecule has 0 unspecified atom stereocenters. The number of nitrogens with zero attached hydrogens (tertiary/aromatic N) is 3. The largest absolute Gasteiger partial charge is 0.492 e. The van der Waals surface area contributed by atoms with Crippen molar-refractivity contribution in [2.24, 2.45) is 4.99 Å². The minimum Gasteiger partial charge on any atom is -0.492 e. The van der Waals surface area contributed by atoms with Crippen molar-refractivity contribution in [3.05, 3.63) is 53.8 Å². The monoisotopic (exact) mass is 490 g/mol. The van der Waals surface area contributed by atoms with Gasteiger partial charge in [-0.3, -0.25) is 9.98 Å². The highest BCUT2D eigenvalue weighted by Crippen LogP contribution is 2.15. The molecule has 1 heterocycles. The highest BCUT2D eigenvalue weighted by molar-refractivity contribution is 14.0. The van der Waals surface area contributed by atoms with E-state index < -0.39 is 0 Å². The van der Waals surface area contributed by atoms with Crippen LogP contribution in [0, 0.1) is 0 Å². The number of pyridine rings is 1. The lowest BCUT2D eigenvalue weighted by atomic mass is 10.3. The fourth-order valence-corrected chi connectivity index (χ4v) is 2.21. The summed E-state index contributed by atoms with van der Waals surface area (Å²) in [6.45, 7) is 2.42. The van der Waals surface area contributed by atoms with Crippen LogP contribution in [0.4, 0.5) is 0 Å². The van der Waals surface area contributed by atoms with E-state index in [4.69, 9.17) is 21.1 Å². The van der Waals surface area contributed by atoms with Gasteiger partial charge in [0, 0.05) is 25.3 Å². The first kappa shape index (κ1) is 22.3. The van der Waals surface area contributed by atoms with Gasteiger partial charge in [0.25, 0.3) is 0 Å². The summed E-state index contributed by atoms with van der Waals surface area (Å²) in [7, 11) is 3.71. The van der Waals surface area contributed by atoms with E-state index in [9.17, 15) is 0 Å². The summed E-state index contributed by atoms with van der Waals surface area (Å²) in [5.41, 5.74) is 0. The van der Waals surface area contributed by atoms with Gasteiger partial charge >= 0.3 is 0 Å². The van der Waals surface area contributed by atoms with Crippen molar-refractivity contribution in [2.45, 2.75) is 0 Å². The molecule has 0 aliphatic carbocycles. The van der Waals surface area contributed by atoms with Gasteiger partial charge in [-0.25, -0.2) is 0 Å². The van der Waals surface area contributed by atoms with Crippen LogP contribution in [0.2, 0.25) is 5.02 Å². The number of ether oxygens (including phenoxy) is 2. The van der Waals surface area contributed by atoms with Gasteiger partial charge in [-0.15, -0.1) is 24.0 Å². The standard InChI is InChI=1S/C18H23ClN4O2.HI/c1-20-18(22-10-12-24-17-4-3-9-21-14-17)23(2)11-13-25-16-7-5-15(19)6-8-16;/h3-9,14H,10-13H2,1-2H3,(H,20,22);1H. The molecular weight excluding hydrogens is 467 g/mol. The number of benzene rings is 1. The topological polar surface area (TPSA) is 59.0 Å². The Morgan fingerprint density at radius 2 is 1.88 bits per heavy atom. The molecule has 0 saturated heterocycles. The van der Waals surface area contributed by atoms with Crippen molar-refractivity contribution < 1.29 is 9.47 Å². The lowest BCUT2D eigenvalue weighted by Crippen LogP contribution is -2.42. The average Bonchev–Trinajstić information content (AvgIpc) is 2.64. The average molecular weight is 491 g/mol. The molecule has 0 spiro atoms. The van der Waals surface area contributed by atoms with Crippen LogP contribution in [0.5, 0.6) is 11.5 Å². The molecule has 8 heteroatoms. The number of hydrogen-bond acceptors (Lipinski definition) is 4. The maximum absolute atomic E-state index is 5.85. The molecule has 0 fully saturated rings. The number of likely N-dealkylation sites (N-methyl/N-ethyl adjacent to an activating group) is 1. The first-order valence-corrected chi connectivity index (χ1v) is 8.40. The summed E-state index contributed by atoms with van der Waals surface area (Å²) < 4.78 is 11.3. The second-order valence-corrected chi connectivity index (χ2v) is 5.67. The smallest absolute Gasteiger partial charge is 0.193 e. The Morgan fingerprint density at radius 1 is 1.15 bits per heavy atom. The van der Waals surface area contributed by atoms with E-state index in [2.05, 4.69) is 15.3 Å². The number of aliphatic imine (C=N–C) groups is 1. The van der Waals surface area contributed by atoms with Gasteiger partial charge < -0.3 is 19.7 Å². The fraction of sp³-hybridized carbons (Fsp3) is 0.333. The summed E-state index contributed by atoms with van der Waals surface area (Å²) in [6, 6.07) is 11.0. The molecular formula is C18H24ClIN4O2. The number of hydrogen-bond donors (Lipinski definition) is 1. The summed E-state index contributed by atoms with van der Waals surface area (Å²) in [5.74, 6) is 2.34. The Morgan fingerprint density at radius 3 is 2.54 bits per heavy atom. The predicted octanol–water partition coefficient (Wildman–Crippen LogP) is 3.32. The highest BCUT2D eigenvalue weighted by atomic mass is 127. The molecule has 1 aromatic heterocycles. The van der Waals surface area contributed by atoms with Gasteiger partial charge in [0.1, 0.15) is 24.7 Å². The highest BCUT2D eigenvalue weighted by Gasteiger charge is 2.05. The van der Waals surface area contributed by atoms with E-state index in [0.29, 0.717) is 31.3 Å². The minimum atomic E-state index is 0. The molecule has 0 atom stereocenters. The molecule has 6 nitrogen and oxygen atoms in total. The normalized spacial score (nSPS) is 10.7. The van der Waals surface area contributed by atoms with Crippen molar-refractivity contribution in [2.75, 3.05) is 40.4 Å². The van der Waals surface area contributed by atoms with Gasteiger partial charge in [-0.2, -0.15) is 0 Å². The molecule has 1 N–H and O–H groups in total. The van der Waals surface area contributed by atoms with E-state index in [0.717, 1.165) is 17.5 Å². The number of guanidine groups is 1. The van der Waals surface area contributed by atoms with Crippen LogP contribution in [-0.2, 0) is 0 Å². The Kier molecular flexibility index (Phi) is 10.8. The summed E-state index contributed by atoms with van der Waals surface area (Å²) in [6.07, 6.45) is 3.41. The maximum Gasteiger partial charge on any atom is 0.193 e. The van der Waals surface area contributed by atoms with Crippen molar-refractivity contribution in [3.63, 3.8) is 0 Å². The Bertz CT molecular complexity index is 656. The van der Waals surface area contributed by atoms with Gasteiger partial charge in [-0.05, 0) is 36.4 Å². The third-order valence-corrected chi connectivity index (χ3v) is 3.62. The molecule has 0 radical (unpaired) electrons. The van der Waals surface area contributed by atoms with E-state index in [-0.39, 0.29) is 24.0 Å². The Hall–Kier alpha value is -1.74. The third-order valence-electron chi connectivity index (χ3n) is 3.37. The summed E-state index contributed by atoms with van der Waals surface area (Å²) in [4.78, 5) is 10.3. The molecule has 0 aliphatic rings. The molecule has 0 aliphatic heterocycles. The zero-order chi connectivity index (χ0) is 17.9. The van der Waals surface area contributed by atoms with Crippen LogP contribution in [0.3, 0.4) is 0 Å². The maximum atomic E-state index is 5.85. The third kappa shape index (κ3) is 8.09. The van der Waals surface area contributed by atoms with E-state index >= 15 is 0 Å². The van der Waals surface area contributed by atoms with Crippen LogP contribution in [0.25, 0.3) is 0 Å². The zero-order valence-electron chi connectivity index (χ0n) is 14.9. The van der Waals surface area contributed by atoms with Gasteiger partial charge in [0.15, 0.2) is 5.96 Å². The predicted molar refractivity (Wildman–Crippen MR) is 116 cm³/mol. The van der Waals surface area contributed by atoms with Crippen molar-refractivity contribution in [1.29, 1.82) is 0 Å². The van der Waals surface area contributed by atoms with Crippen LogP contribution >= 0.6 is 35.6 Å². The van der Waals surface area contributed by atoms with E-state index in [1.54, 1.807) is 19.4 Å². The molecule has 2 aromatic rings. The van der Waals surface area contributed by atoms with Crippen molar-refractivity contribution >= 4 is 41.5 Å². The van der Waals surface area contributed by atoms with Crippen molar-refractivity contribution in [1.82, 2.24) is 15.2 Å². The number of rotatable bonds is 8. The lowest BCUT2D eigenvalue weighted by Gasteiger charge is -2.22. The van der Waals surface area contributed by atoms with Gasteiger partial charge in [0.2, 0.25) is 0 Å². The second-order valence-electron chi connectivity index (χ2n) is 5.24. The van der Waals surface area contributed by atoms with Crippen LogP contribution in [-0.4, -0.2) is 56.2 Å². The quantitative estimate of drug-likeness (QED) is 0.266. The Labute approximate surface area is 176 Å². The van der Waals surface area contributed by atoms with Crippen LogP contribution in [0.15, 0.2) is 53.8 Å². The molecule has 0 amide bonds. The Balaban J connectivity index is 0.00000338. The van der Waals surface area contributed by atoms with Crippen molar-refractivity contribution in [3.8, 4) is 11.5 Å². The molecule has 1 aromatic carbocycles. The first-order valence-electron chi connectivity index (χ1n) is 8.02. The summed E-state index contributed by atoms with van der Waals surface area (Å²) in [5, 5.41) is 3.95. The zero-order valence-corrected chi connectivity index (χ0v) is 18.0. The number of aromatic nitrogens is 1. The molecule has 142 valence electrons. The number of nitrogens with one attached hydrogen (secondary N) is 1. The molecule has 2 rings (SSSR count). The lowest BCUT2D eigenvalue weighted by molar-refractivity contribution is 0.279. The number of halogens is 2. The molecule has 0 bridgehead atoms. The van der Waals surface area contributed by atoms with Crippen LogP contribution in [0.1, 0.15) is 0 Å².